The predicted molar refractivity (Wildman–Crippen MR) is 73.7 cm³/mol. The molecule has 0 aromatic carbocycles. The summed E-state index contributed by atoms with van der Waals surface area (Å²) in [7, 11) is 0. The molecule has 4 heteroatoms. The second-order valence-electron chi connectivity index (χ2n) is 6.60. The van der Waals surface area contributed by atoms with Gasteiger partial charge in [-0.3, -0.25) is 4.79 Å². The van der Waals surface area contributed by atoms with Gasteiger partial charge in [0.1, 0.15) is 0 Å². The number of nitrogens with zero attached hydrogens (tertiary/aromatic N) is 1. The molecule has 3 aliphatic rings. The zero-order valence-electron chi connectivity index (χ0n) is 11.7. The highest BCUT2D eigenvalue weighted by molar-refractivity contribution is 5.77. The molecule has 19 heavy (non-hydrogen) atoms. The summed E-state index contributed by atoms with van der Waals surface area (Å²) in [6, 6.07) is 1.40. The fraction of sp³-hybridized carbons (Fsp3) is 0.933. The lowest BCUT2D eigenvalue weighted by Crippen LogP contribution is -2.47. The molecule has 3 rings (SSSR count). The number of hydrogen-bond acceptors (Lipinski definition) is 3. The van der Waals surface area contributed by atoms with Crippen molar-refractivity contribution in [3.05, 3.63) is 0 Å². The van der Waals surface area contributed by atoms with Gasteiger partial charge >= 0.3 is 0 Å². The third-order valence-corrected chi connectivity index (χ3v) is 5.19. The molecular weight excluding hydrogens is 240 g/mol. The van der Waals surface area contributed by atoms with Crippen molar-refractivity contribution in [1.29, 1.82) is 0 Å². The van der Waals surface area contributed by atoms with Crippen LogP contribution in [0.25, 0.3) is 0 Å². The van der Waals surface area contributed by atoms with Gasteiger partial charge in [0.25, 0.3) is 0 Å². The van der Waals surface area contributed by atoms with E-state index in [0.717, 1.165) is 25.8 Å². The Balaban J connectivity index is 1.55. The van der Waals surface area contributed by atoms with E-state index in [2.05, 4.69) is 5.32 Å². The summed E-state index contributed by atoms with van der Waals surface area (Å²) in [6.07, 6.45) is 8.83. The summed E-state index contributed by atoms with van der Waals surface area (Å²) in [6.45, 7) is 0.977. The van der Waals surface area contributed by atoms with Crippen molar-refractivity contribution in [2.75, 3.05) is 13.2 Å². The van der Waals surface area contributed by atoms with Gasteiger partial charge in [-0.05, 0) is 50.9 Å². The molecule has 0 saturated carbocycles. The minimum atomic E-state index is 0.0830. The summed E-state index contributed by atoms with van der Waals surface area (Å²) in [5.41, 5.74) is 0. The molecule has 3 unspecified atom stereocenters. The molecule has 3 aliphatic heterocycles. The van der Waals surface area contributed by atoms with E-state index in [1.54, 1.807) is 0 Å². The Morgan fingerprint density at radius 1 is 1.16 bits per heavy atom. The van der Waals surface area contributed by atoms with Crippen molar-refractivity contribution in [2.24, 2.45) is 5.92 Å². The number of hydrogen-bond donors (Lipinski definition) is 2. The van der Waals surface area contributed by atoms with E-state index < -0.39 is 0 Å². The maximum Gasteiger partial charge on any atom is 0.223 e. The molecular formula is C15H26N2O2. The van der Waals surface area contributed by atoms with Crippen LogP contribution in [0.4, 0.5) is 0 Å². The van der Waals surface area contributed by atoms with Crippen LogP contribution in [0.15, 0.2) is 0 Å². The fourth-order valence-corrected chi connectivity index (χ4v) is 4.22. The largest absolute Gasteiger partial charge is 0.394 e. The van der Waals surface area contributed by atoms with E-state index in [0.29, 0.717) is 24.4 Å². The van der Waals surface area contributed by atoms with Crippen LogP contribution in [0.1, 0.15) is 51.4 Å². The van der Waals surface area contributed by atoms with Crippen LogP contribution in [-0.2, 0) is 4.79 Å². The third-order valence-electron chi connectivity index (χ3n) is 5.19. The number of likely N-dealkylation sites (tertiary alicyclic amines) is 1. The number of nitrogens with one attached hydrogen (secondary N) is 1. The van der Waals surface area contributed by atoms with E-state index in [1.165, 1.54) is 25.7 Å². The normalized spacial score (nSPS) is 38.5. The Morgan fingerprint density at radius 3 is 2.58 bits per heavy atom. The number of piperidine rings is 2. The molecule has 0 aromatic rings. The zero-order chi connectivity index (χ0) is 13.2. The number of amides is 1. The topological polar surface area (TPSA) is 52.6 Å². The van der Waals surface area contributed by atoms with Crippen LogP contribution in [0, 0.1) is 5.92 Å². The van der Waals surface area contributed by atoms with Gasteiger partial charge in [-0.25, -0.2) is 0 Å². The first kappa shape index (κ1) is 13.4. The summed E-state index contributed by atoms with van der Waals surface area (Å²) in [4.78, 5) is 14.4. The van der Waals surface area contributed by atoms with E-state index in [-0.39, 0.29) is 18.6 Å². The van der Waals surface area contributed by atoms with Gasteiger partial charge in [0.15, 0.2) is 0 Å². The maximum absolute atomic E-state index is 12.5. The SMILES string of the molecule is O=C(CC1CC2CCC(C1)N2)N1CCCCC1CO. The first-order chi connectivity index (χ1) is 9.26. The van der Waals surface area contributed by atoms with E-state index in [9.17, 15) is 9.90 Å². The van der Waals surface area contributed by atoms with Gasteiger partial charge in [-0.1, -0.05) is 0 Å². The monoisotopic (exact) mass is 266 g/mol. The van der Waals surface area contributed by atoms with Crippen LogP contribution >= 0.6 is 0 Å². The highest BCUT2D eigenvalue weighted by atomic mass is 16.3. The van der Waals surface area contributed by atoms with E-state index >= 15 is 0 Å². The molecule has 0 radical (unpaired) electrons. The zero-order valence-corrected chi connectivity index (χ0v) is 11.7. The lowest BCUT2D eigenvalue weighted by Gasteiger charge is -2.36. The molecule has 0 aliphatic carbocycles. The van der Waals surface area contributed by atoms with Crippen LogP contribution in [-0.4, -0.2) is 47.2 Å². The minimum Gasteiger partial charge on any atom is -0.394 e. The highest BCUT2D eigenvalue weighted by Gasteiger charge is 2.35. The molecule has 3 saturated heterocycles. The highest BCUT2D eigenvalue weighted by Crippen LogP contribution is 2.33. The Kier molecular flexibility index (Phi) is 4.08. The fourth-order valence-electron chi connectivity index (χ4n) is 4.22. The van der Waals surface area contributed by atoms with Gasteiger partial charge in [0.05, 0.1) is 12.6 Å². The molecule has 2 N–H and O–H groups in total. The molecule has 108 valence electrons. The second-order valence-corrected chi connectivity index (χ2v) is 6.60. The Hall–Kier alpha value is -0.610. The van der Waals surface area contributed by atoms with Gasteiger partial charge in [0.2, 0.25) is 5.91 Å². The van der Waals surface area contributed by atoms with Crippen molar-refractivity contribution >= 4 is 5.91 Å². The summed E-state index contributed by atoms with van der Waals surface area (Å²) in [5, 5.41) is 13.0. The Morgan fingerprint density at radius 2 is 1.89 bits per heavy atom. The molecule has 0 aromatic heterocycles. The molecule has 2 bridgehead atoms. The minimum absolute atomic E-state index is 0.0830. The van der Waals surface area contributed by atoms with Crippen LogP contribution in [0.5, 0.6) is 0 Å². The maximum atomic E-state index is 12.5. The van der Waals surface area contributed by atoms with Crippen molar-refractivity contribution in [1.82, 2.24) is 10.2 Å². The first-order valence-electron chi connectivity index (χ1n) is 7.92. The average Bonchev–Trinajstić information content (AvgIpc) is 2.78. The quantitative estimate of drug-likeness (QED) is 0.809. The van der Waals surface area contributed by atoms with Crippen LogP contribution in [0.2, 0.25) is 0 Å². The summed E-state index contributed by atoms with van der Waals surface area (Å²) >= 11 is 0. The Bertz CT molecular complexity index is 322. The molecule has 3 atom stereocenters. The smallest absolute Gasteiger partial charge is 0.223 e. The number of aliphatic hydroxyl groups excluding tert-OH is 1. The van der Waals surface area contributed by atoms with Gasteiger partial charge in [0, 0.05) is 25.0 Å². The standard InChI is InChI=1S/C15H26N2O2/c18-10-14-3-1-2-6-17(14)15(19)9-11-7-12-4-5-13(8-11)16-12/h11-14,16,18H,1-10H2. The molecule has 4 nitrogen and oxygen atoms in total. The number of carbonyl (C=O) groups is 1. The number of rotatable bonds is 3. The van der Waals surface area contributed by atoms with Crippen molar-refractivity contribution in [2.45, 2.75) is 69.5 Å². The lowest BCUT2D eigenvalue weighted by molar-refractivity contribution is -0.137. The van der Waals surface area contributed by atoms with Crippen LogP contribution in [0.3, 0.4) is 0 Å². The van der Waals surface area contributed by atoms with E-state index in [4.69, 9.17) is 0 Å². The van der Waals surface area contributed by atoms with Crippen molar-refractivity contribution < 1.29 is 9.90 Å². The number of fused-ring (bicyclic) bond motifs is 2. The van der Waals surface area contributed by atoms with Gasteiger partial charge in [-0.2, -0.15) is 0 Å². The van der Waals surface area contributed by atoms with E-state index in [1.807, 2.05) is 4.90 Å². The third kappa shape index (κ3) is 2.95. The number of aliphatic hydroxyl groups is 1. The molecule has 3 fully saturated rings. The second kappa shape index (κ2) is 5.80. The Labute approximate surface area is 115 Å². The van der Waals surface area contributed by atoms with Gasteiger partial charge in [-0.15, -0.1) is 0 Å². The number of carbonyl (C=O) groups excluding carboxylic acids is 1. The predicted octanol–water partition coefficient (Wildman–Crippen LogP) is 1.28. The lowest BCUT2D eigenvalue weighted by atomic mass is 9.88. The first-order valence-corrected chi connectivity index (χ1v) is 7.92. The van der Waals surface area contributed by atoms with Crippen molar-refractivity contribution in [3.8, 4) is 0 Å². The van der Waals surface area contributed by atoms with Gasteiger partial charge < -0.3 is 15.3 Å². The summed E-state index contributed by atoms with van der Waals surface area (Å²) < 4.78 is 0. The molecule has 0 spiro atoms. The van der Waals surface area contributed by atoms with Crippen molar-refractivity contribution in [3.63, 3.8) is 0 Å². The molecule has 1 amide bonds. The molecule has 3 heterocycles. The average molecular weight is 266 g/mol. The summed E-state index contributed by atoms with van der Waals surface area (Å²) in [5.74, 6) is 0.845. The van der Waals surface area contributed by atoms with Crippen LogP contribution < -0.4 is 5.32 Å².